The van der Waals surface area contributed by atoms with Crippen LogP contribution < -0.4 is 4.74 Å². The third-order valence-electron chi connectivity index (χ3n) is 2.49. The molecule has 0 saturated heterocycles. The van der Waals surface area contributed by atoms with Crippen LogP contribution in [0.3, 0.4) is 0 Å². The predicted octanol–water partition coefficient (Wildman–Crippen LogP) is 2.73. The number of hydrogen-bond acceptors (Lipinski definition) is 2. The minimum absolute atomic E-state index is 0.0857. The van der Waals surface area contributed by atoms with Crippen LogP contribution >= 0.6 is 0 Å². The number of para-hydroxylation sites is 1. The van der Waals surface area contributed by atoms with E-state index in [0.29, 0.717) is 5.56 Å². The molecule has 1 aromatic carbocycles. The van der Waals surface area contributed by atoms with Crippen LogP contribution in [0.25, 0.3) is 6.08 Å². The van der Waals surface area contributed by atoms with Gasteiger partial charge in [0, 0.05) is 11.8 Å². The fourth-order valence-corrected chi connectivity index (χ4v) is 2.37. The van der Waals surface area contributed by atoms with Crippen LogP contribution in [0.2, 0.25) is 0 Å². The molecule has 92 valence electrons. The van der Waals surface area contributed by atoms with Gasteiger partial charge in [0.25, 0.3) is 4.93 Å². The summed E-state index contributed by atoms with van der Waals surface area (Å²) in [5, 5.41) is 0. The molecule has 0 aromatic heterocycles. The summed E-state index contributed by atoms with van der Waals surface area (Å²) >= 11 is 0. The molecule has 0 aliphatic carbocycles. The molecule has 0 amide bonds. The quantitative estimate of drug-likeness (QED) is 0.778. The van der Waals surface area contributed by atoms with E-state index in [1.807, 2.05) is 0 Å². The Hall–Kier alpha value is -1.30. The van der Waals surface area contributed by atoms with Crippen molar-refractivity contribution in [1.82, 2.24) is 0 Å². The topological polar surface area (TPSA) is 26.3 Å². The Morgan fingerprint density at radius 2 is 1.94 bits per heavy atom. The summed E-state index contributed by atoms with van der Waals surface area (Å²) in [5.41, 5.74) is 0.540. The van der Waals surface area contributed by atoms with Crippen molar-refractivity contribution in [1.29, 1.82) is 0 Å². The summed E-state index contributed by atoms with van der Waals surface area (Å²) in [6, 6.07) is 6.31. The largest absolute Gasteiger partial charge is 0.460 e. The number of rotatable bonds is 1. The average molecular weight is 262 g/mol. The van der Waals surface area contributed by atoms with Gasteiger partial charge < -0.3 is 4.74 Å². The molecule has 1 heterocycles. The second kappa shape index (κ2) is 3.87. The number of ether oxygens (including phenoxy) is 1. The van der Waals surface area contributed by atoms with Gasteiger partial charge in [0.2, 0.25) is 0 Å². The van der Waals surface area contributed by atoms with Gasteiger partial charge in [0.15, 0.2) is 0 Å². The van der Waals surface area contributed by atoms with Crippen molar-refractivity contribution in [2.24, 2.45) is 0 Å². The van der Waals surface area contributed by atoms with E-state index in [-0.39, 0.29) is 5.75 Å². The fraction of sp³-hybridized carbons (Fsp3) is 0.273. The van der Waals surface area contributed by atoms with E-state index in [9.17, 15) is 17.4 Å². The molecule has 0 saturated carbocycles. The zero-order chi connectivity index (χ0) is 12.7. The molecule has 0 radical (unpaired) electrons. The third-order valence-corrected chi connectivity index (χ3v) is 3.79. The van der Waals surface area contributed by atoms with Crippen LogP contribution in [0, 0.1) is 0 Å². The van der Waals surface area contributed by atoms with Gasteiger partial charge >= 0.3 is 6.18 Å². The second-order valence-corrected chi connectivity index (χ2v) is 5.11. The number of halogens is 3. The number of hydrogen-bond donors (Lipinski definition) is 0. The van der Waals surface area contributed by atoms with E-state index in [4.69, 9.17) is 4.74 Å². The Bertz CT molecular complexity index is 496. The average Bonchev–Trinajstić information content (AvgIpc) is 2.26. The first-order valence-corrected chi connectivity index (χ1v) is 6.30. The van der Waals surface area contributed by atoms with E-state index in [1.165, 1.54) is 12.1 Å². The van der Waals surface area contributed by atoms with Crippen LogP contribution in [-0.2, 0) is 10.8 Å². The second-order valence-electron chi connectivity index (χ2n) is 3.59. The first-order valence-electron chi connectivity index (χ1n) is 4.74. The van der Waals surface area contributed by atoms with Crippen molar-refractivity contribution < 1.29 is 22.1 Å². The molecule has 1 aliphatic heterocycles. The lowest BCUT2D eigenvalue weighted by Gasteiger charge is -2.34. The van der Waals surface area contributed by atoms with E-state index in [1.54, 1.807) is 18.2 Å². The lowest BCUT2D eigenvalue weighted by molar-refractivity contribution is -0.195. The Labute approximate surface area is 98.5 Å². The van der Waals surface area contributed by atoms with Gasteiger partial charge in [0.05, 0.1) is 10.8 Å². The van der Waals surface area contributed by atoms with Gasteiger partial charge in [-0.05, 0) is 18.2 Å². The number of fused-ring (bicyclic) bond motifs is 1. The van der Waals surface area contributed by atoms with Crippen molar-refractivity contribution in [3.63, 3.8) is 0 Å². The molecular formula is C11H9F3O2S. The maximum Gasteiger partial charge on any atom is 0.444 e. The molecule has 6 heteroatoms. The molecule has 0 bridgehead atoms. The third kappa shape index (κ3) is 1.86. The SMILES string of the molecule is CS(=O)C1(C(F)(F)F)C=Cc2ccccc2O1. The summed E-state index contributed by atoms with van der Waals surface area (Å²) < 4.78 is 55.2. The highest BCUT2D eigenvalue weighted by molar-refractivity contribution is 7.85. The minimum atomic E-state index is -4.73. The van der Waals surface area contributed by atoms with Crippen LogP contribution in [0.5, 0.6) is 5.75 Å². The number of alkyl halides is 3. The van der Waals surface area contributed by atoms with Gasteiger partial charge in [-0.2, -0.15) is 13.2 Å². The van der Waals surface area contributed by atoms with Crippen molar-refractivity contribution in [2.45, 2.75) is 11.1 Å². The van der Waals surface area contributed by atoms with Gasteiger partial charge in [-0.3, -0.25) is 4.21 Å². The first kappa shape index (κ1) is 12.2. The van der Waals surface area contributed by atoms with Crippen molar-refractivity contribution >= 4 is 16.9 Å². The standard InChI is InChI=1S/C11H9F3O2S/c1-17(15)10(11(12,13)14)7-6-8-4-2-3-5-9(8)16-10/h2-7H,1H3. The summed E-state index contributed by atoms with van der Waals surface area (Å²) in [6.07, 6.45) is -1.65. The van der Waals surface area contributed by atoms with Crippen molar-refractivity contribution in [2.75, 3.05) is 6.26 Å². The zero-order valence-electron chi connectivity index (χ0n) is 8.82. The first-order chi connectivity index (χ1) is 7.87. The zero-order valence-corrected chi connectivity index (χ0v) is 9.64. The molecule has 2 atom stereocenters. The molecule has 2 rings (SSSR count). The lowest BCUT2D eigenvalue weighted by Crippen LogP contribution is -2.52. The van der Waals surface area contributed by atoms with Gasteiger partial charge in [-0.1, -0.05) is 18.2 Å². The molecule has 2 unspecified atom stereocenters. The fourth-order valence-electron chi connectivity index (χ4n) is 1.58. The normalized spacial score (nSPS) is 24.9. The Balaban J connectivity index is 2.53. The number of benzene rings is 1. The van der Waals surface area contributed by atoms with Crippen molar-refractivity contribution in [3.05, 3.63) is 35.9 Å². The van der Waals surface area contributed by atoms with Crippen LogP contribution in [0.1, 0.15) is 5.56 Å². The van der Waals surface area contributed by atoms with Gasteiger partial charge in [0.1, 0.15) is 5.75 Å². The molecule has 2 nitrogen and oxygen atoms in total. The summed E-state index contributed by atoms with van der Waals surface area (Å²) in [7, 11) is -2.22. The highest BCUT2D eigenvalue weighted by Crippen LogP contribution is 2.42. The molecule has 1 aromatic rings. The minimum Gasteiger partial charge on any atom is -0.460 e. The molecule has 0 spiro atoms. The molecule has 17 heavy (non-hydrogen) atoms. The monoisotopic (exact) mass is 262 g/mol. The summed E-state index contributed by atoms with van der Waals surface area (Å²) in [5.74, 6) is 0.0857. The predicted molar refractivity (Wildman–Crippen MR) is 59.0 cm³/mol. The Morgan fingerprint density at radius 3 is 2.53 bits per heavy atom. The van der Waals surface area contributed by atoms with Crippen molar-refractivity contribution in [3.8, 4) is 5.75 Å². The molecular weight excluding hydrogens is 253 g/mol. The Morgan fingerprint density at radius 1 is 1.29 bits per heavy atom. The summed E-state index contributed by atoms with van der Waals surface area (Å²) in [4.78, 5) is -2.75. The van der Waals surface area contributed by atoms with Gasteiger partial charge in [-0.25, -0.2) is 0 Å². The Kier molecular flexibility index (Phi) is 2.77. The van der Waals surface area contributed by atoms with E-state index < -0.39 is 21.9 Å². The van der Waals surface area contributed by atoms with Crippen LogP contribution in [0.4, 0.5) is 13.2 Å². The maximum absolute atomic E-state index is 13.0. The van der Waals surface area contributed by atoms with E-state index >= 15 is 0 Å². The smallest absolute Gasteiger partial charge is 0.444 e. The highest BCUT2D eigenvalue weighted by Gasteiger charge is 2.60. The lowest BCUT2D eigenvalue weighted by atomic mass is 10.1. The molecule has 0 fully saturated rings. The molecule has 1 aliphatic rings. The summed E-state index contributed by atoms with van der Waals surface area (Å²) in [6.45, 7) is 0. The maximum atomic E-state index is 13.0. The van der Waals surface area contributed by atoms with E-state index in [2.05, 4.69) is 0 Å². The van der Waals surface area contributed by atoms with Crippen LogP contribution in [0.15, 0.2) is 30.3 Å². The van der Waals surface area contributed by atoms with E-state index in [0.717, 1.165) is 12.3 Å². The molecule has 0 N–H and O–H groups in total. The van der Waals surface area contributed by atoms with Crippen LogP contribution in [-0.4, -0.2) is 21.6 Å². The highest BCUT2D eigenvalue weighted by atomic mass is 32.2. The van der Waals surface area contributed by atoms with Gasteiger partial charge in [-0.15, -0.1) is 0 Å².